The molecule has 0 fully saturated rings. The summed E-state index contributed by atoms with van der Waals surface area (Å²) in [6.45, 7) is 1.39. The van der Waals surface area contributed by atoms with Crippen molar-refractivity contribution >= 4 is 10.9 Å². The van der Waals surface area contributed by atoms with E-state index in [0.717, 1.165) is 13.0 Å². The van der Waals surface area contributed by atoms with E-state index in [1.807, 2.05) is 0 Å². The van der Waals surface area contributed by atoms with Crippen molar-refractivity contribution in [1.29, 1.82) is 0 Å². The molecular formula is C13H15NO. The highest BCUT2D eigenvalue weighted by Gasteiger charge is 2.12. The number of nitrogens with zero attached hydrogens (tertiary/aromatic N) is 1. The Kier molecular flexibility index (Phi) is 2.03. The minimum atomic E-state index is 0.242. The number of rotatable bonds is 2. The van der Waals surface area contributed by atoms with Crippen LogP contribution < -0.4 is 0 Å². The standard InChI is InChI=1S/C13H15NO/c15-7-4-10-8-11-2-1-5-14-6-3-12(9-10)13(11)14/h3,6,8-9,15H,1-2,4-5,7H2. The van der Waals surface area contributed by atoms with Crippen molar-refractivity contribution in [3.05, 3.63) is 35.5 Å². The molecule has 0 saturated heterocycles. The largest absolute Gasteiger partial charge is 0.396 e. The summed E-state index contributed by atoms with van der Waals surface area (Å²) in [6.07, 6.45) is 5.36. The number of hydrogen-bond donors (Lipinski definition) is 1. The zero-order valence-corrected chi connectivity index (χ0v) is 8.74. The molecule has 2 aromatic rings. The zero-order valence-electron chi connectivity index (χ0n) is 8.74. The van der Waals surface area contributed by atoms with Gasteiger partial charge in [0.1, 0.15) is 0 Å². The van der Waals surface area contributed by atoms with Gasteiger partial charge in [-0.05, 0) is 42.5 Å². The van der Waals surface area contributed by atoms with Gasteiger partial charge < -0.3 is 9.67 Å². The fraction of sp³-hybridized carbons (Fsp3) is 0.385. The van der Waals surface area contributed by atoms with Gasteiger partial charge in [-0.1, -0.05) is 6.07 Å². The lowest BCUT2D eigenvalue weighted by molar-refractivity contribution is 0.299. The highest BCUT2D eigenvalue weighted by Crippen LogP contribution is 2.27. The fourth-order valence-electron chi connectivity index (χ4n) is 2.60. The molecule has 0 unspecified atom stereocenters. The van der Waals surface area contributed by atoms with E-state index in [1.165, 1.54) is 34.9 Å². The van der Waals surface area contributed by atoms with Gasteiger partial charge >= 0.3 is 0 Å². The Balaban J connectivity index is 2.22. The van der Waals surface area contributed by atoms with Crippen LogP contribution in [0.5, 0.6) is 0 Å². The van der Waals surface area contributed by atoms with Gasteiger partial charge in [0, 0.05) is 24.7 Å². The minimum absolute atomic E-state index is 0.242. The van der Waals surface area contributed by atoms with Crippen LogP contribution in [0, 0.1) is 0 Å². The Morgan fingerprint density at radius 1 is 1.33 bits per heavy atom. The maximum absolute atomic E-state index is 8.97. The fourth-order valence-corrected chi connectivity index (χ4v) is 2.60. The Hall–Kier alpha value is -1.28. The number of aliphatic hydroxyl groups excluding tert-OH is 1. The lowest BCUT2D eigenvalue weighted by atomic mass is 9.99. The molecule has 1 N–H and O–H groups in total. The molecule has 3 rings (SSSR count). The third kappa shape index (κ3) is 1.37. The summed E-state index contributed by atoms with van der Waals surface area (Å²) >= 11 is 0. The lowest BCUT2D eigenvalue weighted by Gasteiger charge is -2.16. The average Bonchev–Trinajstić information content (AvgIpc) is 2.64. The summed E-state index contributed by atoms with van der Waals surface area (Å²) in [5.74, 6) is 0. The van der Waals surface area contributed by atoms with Gasteiger partial charge in [-0.25, -0.2) is 0 Å². The molecule has 0 bridgehead atoms. The molecular weight excluding hydrogens is 186 g/mol. The molecule has 0 atom stereocenters. The topological polar surface area (TPSA) is 25.2 Å². The van der Waals surface area contributed by atoms with Crippen molar-refractivity contribution in [3.63, 3.8) is 0 Å². The van der Waals surface area contributed by atoms with Gasteiger partial charge in [0.2, 0.25) is 0 Å². The highest BCUT2D eigenvalue weighted by molar-refractivity contribution is 5.84. The first-order valence-corrected chi connectivity index (χ1v) is 5.60. The lowest BCUT2D eigenvalue weighted by Crippen LogP contribution is -2.07. The van der Waals surface area contributed by atoms with Crippen molar-refractivity contribution in [1.82, 2.24) is 4.57 Å². The molecule has 0 radical (unpaired) electrons. The molecule has 2 nitrogen and oxygen atoms in total. The van der Waals surface area contributed by atoms with E-state index < -0.39 is 0 Å². The van der Waals surface area contributed by atoms with E-state index in [1.54, 1.807) is 0 Å². The van der Waals surface area contributed by atoms with Crippen LogP contribution in [0.4, 0.5) is 0 Å². The monoisotopic (exact) mass is 201 g/mol. The number of aromatic nitrogens is 1. The first-order chi connectivity index (χ1) is 7.38. The predicted octanol–water partition coefficient (Wildman–Crippen LogP) is 2.12. The summed E-state index contributed by atoms with van der Waals surface area (Å²) in [4.78, 5) is 0. The molecule has 0 saturated carbocycles. The molecule has 0 spiro atoms. The molecule has 0 amide bonds. The van der Waals surface area contributed by atoms with E-state index in [9.17, 15) is 0 Å². The van der Waals surface area contributed by atoms with Crippen LogP contribution in [0.25, 0.3) is 10.9 Å². The molecule has 78 valence electrons. The Morgan fingerprint density at radius 3 is 3.13 bits per heavy atom. The van der Waals surface area contributed by atoms with E-state index in [-0.39, 0.29) is 6.61 Å². The summed E-state index contributed by atoms with van der Waals surface area (Å²) in [5, 5.41) is 10.3. The predicted molar refractivity (Wildman–Crippen MR) is 61.0 cm³/mol. The smallest absolute Gasteiger partial charge is 0.0513 e. The Morgan fingerprint density at radius 2 is 2.27 bits per heavy atom. The molecule has 15 heavy (non-hydrogen) atoms. The maximum Gasteiger partial charge on any atom is 0.0513 e. The number of hydrogen-bond acceptors (Lipinski definition) is 1. The second-order valence-electron chi connectivity index (χ2n) is 4.28. The second kappa shape index (κ2) is 3.38. The quantitative estimate of drug-likeness (QED) is 0.791. The zero-order chi connectivity index (χ0) is 10.3. The maximum atomic E-state index is 8.97. The van der Waals surface area contributed by atoms with Crippen LogP contribution >= 0.6 is 0 Å². The first kappa shape index (κ1) is 8.98. The summed E-state index contributed by atoms with van der Waals surface area (Å²) in [5.41, 5.74) is 4.12. The van der Waals surface area contributed by atoms with Crippen LogP contribution in [-0.4, -0.2) is 16.3 Å². The molecule has 2 heteroatoms. The van der Waals surface area contributed by atoms with Crippen LogP contribution in [0.1, 0.15) is 17.5 Å². The summed E-state index contributed by atoms with van der Waals surface area (Å²) in [7, 11) is 0. The molecule has 1 aliphatic rings. The summed E-state index contributed by atoms with van der Waals surface area (Å²) in [6, 6.07) is 6.65. The molecule has 1 aromatic carbocycles. The van der Waals surface area contributed by atoms with Gasteiger partial charge in [-0.2, -0.15) is 0 Å². The van der Waals surface area contributed by atoms with Crippen molar-refractivity contribution in [3.8, 4) is 0 Å². The molecule has 2 heterocycles. The minimum Gasteiger partial charge on any atom is -0.396 e. The second-order valence-corrected chi connectivity index (χ2v) is 4.28. The Labute approximate surface area is 89.1 Å². The number of benzene rings is 1. The average molecular weight is 201 g/mol. The van der Waals surface area contributed by atoms with Gasteiger partial charge in [-0.3, -0.25) is 0 Å². The van der Waals surface area contributed by atoms with E-state index in [0.29, 0.717) is 0 Å². The van der Waals surface area contributed by atoms with E-state index >= 15 is 0 Å². The van der Waals surface area contributed by atoms with E-state index in [4.69, 9.17) is 5.11 Å². The number of aryl methyl sites for hydroxylation is 2. The van der Waals surface area contributed by atoms with Crippen LogP contribution in [0.15, 0.2) is 24.4 Å². The Bertz CT molecular complexity index is 498. The van der Waals surface area contributed by atoms with E-state index in [2.05, 4.69) is 29.0 Å². The van der Waals surface area contributed by atoms with Crippen molar-refractivity contribution in [2.45, 2.75) is 25.8 Å². The van der Waals surface area contributed by atoms with Crippen LogP contribution in [-0.2, 0) is 19.4 Å². The first-order valence-electron chi connectivity index (χ1n) is 5.60. The van der Waals surface area contributed by atoms with Gasteiger partial charge in [0.05, 0.1) is 5.52 Å². The highest BCUT2D eigenvalue weighted by atomic mass is 16.2. The van der Waals surface area contributed by atoms with Crippen LogP contribution in [0.3, 0.4) is 0 Å². The third-order valence-corrected chi connectivity index (χ3v) is 3.24. The van der Waals surface area contributed by atoms with Crippen LogP contribution in [0.2, 0.25) is 0 Å². The van der Waals surface area contributed by atoms with Gasteiger partial charge in [0.25, 0.3) is 0 Å². The van der Waals surface area contributed by atoms with Crippen molar-refractivity contribution in [2.75, 3.05) is 6.61 Å². The number of aliphatic hydroxyl groups is 1. The molecule has 1 aromatic heterocycles. The van der Waals surface area contributed by atoms with Crippen molar-refractivity contribution in [2.24, 2.45) is 0 Å². The SMILES string of the molecule is OCCc1cc2c3c(ccn3CCC2)c1. The normalized spacial score (nSPS) is 14.7. The molecule has 0 aliphatic carbocycles. The summed E-state index contributed by atoms with van der Waals surface area (Å²) < 4.78 is 2.34. The van der Waals surface area contributed by atoms with Crippen molar-refractivity contribution < 1.29 is 5.11 Å². The third-order valence-electron chi connectivity index (χ3n) is 3.24. The van der Waals surface area contributed by atoms with Gasteiger partial charge in [-0.15, -0.1) is 0 Å². The molecule has 1 aliphatic heterocycles. The van der Waals surface area contributed by atoms with Gasteiger partial charge in [0.15, 0.2) is 0 Å².